The number of ether oxygens (including phenoxy) is 1. The topological polar surface area (TPSA) is 55.4 Å². The quantitative estimate of drug-likeness (QED) is 0.636. The Morgan fingerprint density at radius 2 is 1.89 bits per heavy atom. The number of amides is 1. The molecule has 0 aliphatic rings. The zero-order valence-electron chi connectivity index (χ0n) is 11.3. The van der Waals surface area contributed by atoms with Gasteiger partial charge in [0.05, 0.1) is 5.56 Å². The fraction of sp³-hybridized carbons (Fsp3) is 0.429. The van der Waals surface area contributed by atoms with Crippen molar-refractivity contribution in [1.82, 2.24) is 5.32 Å². The Bertz CT molecular complexity index is 460. The Kier molecular flexibility index (Phi) is 6.27. The van der Waals surface area contributed by atoms with Gasteiger partial charge in [-0.3, -0.25) is 4.79 Å². The second-order valence-electron chi connectivity index (χ2n) is 4.66. The van der Waals surface area contributed by atoms with E-state index in [1.54, 1.807) is 12.1 Å². The van der Waals surface area contributed by atoms with Crippen LogP contribution < -0.4 is 5.32 Å². The van der Waals surface area contributed by atoms with E-state index in [0.29, 0.717) is 11.5 Å². The first-order valence-electron chi connectivity index (χ1n) is 6.12. The van der Waals surface area contributed by atoms with Crippen molar-refractivity contribution in [2.45, 2.75) is 26.8 Å². The third-order valence-corrected chi connectivity index (χ3v) is 3.76. The minimum absolute atomic E-state index is 0.0584. The maximum absolute atomic E-state index is 11.8. The molecule has 1 atom stereocenters. The second kappa shape index (κ2) is 7.47. The average Bonchev–Trinajstić information content (AvgIpc) is 2.36. The third-order valence-electron chi connectivity index (χ3n) is 2.82. The lowest BCUT2D eigenvalue weighted by atomic mass is 10.1. The Labute approximate surface area is 127 Å². The van der Waals surface area contributed by atoms with Crippen molar-refractivity contribution >= 4 is 34.5 Å². The van der Waals surface area contributed by atoms with Crippen LogP contribution in [0.1, 0.15) is 31.1 Å². The lowest BCUT2D eigenvalue weighted by Gasteiger charge is -2.17. The molecule has 0 spiro atoms. The van der Waals surface area contributed by atoms with Crippen molar-refractivity contribution in [1.29, 1.82) is 0 Å². The first kappa shape index (κ1) is 15.9. The zero-order chi connectivity index (χ0) is 14.4. The summed E-state index contributed by atoms with van der Waals surface area (Å²) in [4.78, 5) is 23.4. The van der Waals surface area contributed by atoms with Gasteiger partial charge < -0.3 is 10.1 Å². The molecule has 1 amide bonds. The summed E-state index contributed by atoms with van der Waals surface area (Å²) < 4.78 is 5.80. The van der Waals surface area contributed by atoms with Crippen LogP contribution >= 0.6 is 22.6 Å². The predicted molar refractivity (Wildman–Crippen MR) is 81.9 cm³/mol. The predicted octanol–water partition coefficient (Wildman–Crippen LogP) is 2.61. The van der Waals surface area contributed by atoms with Crippen molar-refractivity contribution in [3.8, 4) is 0 Å². The summed E-state index contributed by atoms with van der Waals surface area (Å²) in [6.45, 7) is 5.71. The third kappa shape index (κ3) is 5.18. The molecule has 1 N–H and O–H groups in total. The second-order valence-corrected chi connectivity index (χ2v) is 5.82. The summed E-state index contributed by atoms with van der Waals surface area (Å²) in [5, 5.41) is 2.78. The van der Waals surface area contributed by atoms with Crippen molar-refractivity contribution in [2.75, 3.05) is 6.61 Å². The molecule has 1 aromatic rings. The Hall–Kier alpha value is -1.11. The number of benzene rings is 1. The Morgan fingerprint density at radius 1 is 1.26 bits per heavy atom. The molecule has 1 rings (SSSR count). The van der Waals surface area contributed by atoms with Gasteiger partial charge in [0.1, 0.15) is 0 Å². The molecule has 0 saturated carbocycles. The first-order chi connectivity index (χ1) is 8.91. The van der Waals surface area contributed by atoms with E-state index in [1.807, 2.05) is 32.9 Å². The molecule has 0 heterocycles. The standard InChI is InChI=1S/C14H18INO3/c1-9(2)10(3)16-13(17)8-19-14(18)11-6-4-5-7-12(11)15/h4-7,9-10H,8H2,1-3H3,(H,16,17)/t10-/m1/s1. The van der Waals surface area contributed by atoms with Crippen LogP contribution in [0.2, 0.25) is 0 Å². The van der Waals surface area contributed by atoms with E-state index in [-0.39, 0.29) is 18.6 Å². The molecule has 0 unspecified atom stereocenters. The molecule has 0 bridgehead atoms. The van der Waals surface area contributed by atoms with E-state index in [4.69, 9.17) is 4.74 Å². The molecule has 104 valence electrons. The molecule has 5 heteroatoms. The van der Waals surface area contributed by atoms with Crippen LogP contribution in [0.15, 0.2) is 24.3 Å². The van der Waals surface area contributed by atoms with E-state index >= 15 is 0 Å². The molecule has 4 nitrogen and oxygen atoms in total. The van der Waals surface area contributed by atoms with Gasteiger partial charge in [-0.15, -0.1) is 0 Å². The molecule has 1 aromatic carbocycles. The van der Waals surface area contributed by atoms with E-state index in [1.165, 1.54) is 0 Å². The van der Waals surface area contributed by atoms with Gasteiger partial charge in [0.15, 0.2) is 6.61 Å². The van der Waals surface area contributed by atoms with Crippen molar-refractivity contribution < 1.29 is 14.3 Å². The fourth-order valence-corrected chi connectivity index (χ4v) is 1.91. The van der Waals surface area contributed by atoms with Crippen LogP contribution in [0.25, 0.3) is 0 Å². The van der Waals surface area contributed by atoms with Crippen molar-refractivity contribution in [2.24, 2.45) is 5.92 Å². The van der Waals surface area contributed by atoms with Crippen LogP contribution in [0, 0.1) is 9.49 Å². The highest BCUT2D eigenvalue weighted by molar-refractivity contribution is 14.1. The summed E-state index contributed by atoms with van der Waals surface area (Å²) >= 11 is 2.06. The molecule has 0 saturated heterocycles. The number of halogens is 1. The van der Waals surface area contributed by atoms with E-state index in [2.05, 4.69) is 27.9 Å². The number of rotatable bonds is 5. The van der Waals surface area contributed by atoms with Gasteiger partial charge in [0.25, 0.3) is 5.91 Å². The van der Waals surface area contributed by atoms with E-state index in [0.717, 1.165) is 3.57 Å². The molecule has 0 aliphatic heterocycles. The molecular weight excluding hydrogens is 357 g/mol. The highest BCUT2D eigenvalue weighted by Gasteiger charge is 2.15. The molecule has 0 radical (unpaired) electrons. The summed E-state index contributed by atoms with van der Waals surface area (Å²) in [7, 11) is 0. The van der Waals surface area contributed by atoms with Gasteiger partial charge in [0.2, 0.25) is 0 Å². The SMILES string of the molecule is CC(C)[C@@H](C)NC(=O)COC(=O)c1ccccc1I. The lowest BCUT2D eigenvalue weighted by Crippen LogP contribution is -2.38. The maximum atomic E-state index is 11.8. The van der Waals surface area contributed by atoms with Gasteiger partial charge in [-0.2, -0.15) is 0 Å². The minimum Gasteiger partial charge on any atom is -0.452 e. The monoisotopic (exact) mass is 375 g/mol. The number of carbonyl (C=O) groups is 2. The van der Waals surface area contributed by atoms with Gasteiger partial charge in [-0.1, -0.05) is 26.0 Å². The summed E-state index contributed by atoms with van der Waals surface area (Å²) in [5.74, 6) is -0.410. The molecule has 0 aromatic heterocycles. The highest BCUT2D eigenvalue weighted by atomic mass is 127. The number of hydrogen-bond donors (Lipinski definition) is 1. The van der Waals surface area contributed by atoms with Crippen LogP contribution in [-0.4, -0.2) is 24.5 Å². The number of nitrogens with one attached hydrogen (secondary N) is 1. The van der Waals surface area contributed by atoms with E-state index < -0.39 is 5.97 Å². The van der Waals surface area contributed by atoms with E-state index in [9.17, 15) is 9.59 Å². The van der Waals surface area contributed by atoms with Gasteiger partial charge in [-0.25, -0.2) is 4.79 Å². The first-order valence-corrected chi connectivity index (χ1v) is 7.20. The number of carbonyl (C=O) groups excluding carboxylic acids is 2. The molecule has 0 fully saturated rings. The Morgan fingerprint density at radius 3 is 2.47 bits per heavy atom. The van der Waals surface area contributed by atoms with Crippen LogP contribution in [0.5, 0.6) is 0 Å². The zero-order valence-corrected chi connectivity index (χ0v) is 13.4. The summed E-state index contributed by atoms with van der Waals surface area (Å²) in [6, 6.07) is 7.16. The lowest BCUT2D eigenvalue weighted by molar-refractivity contribution is -0.125. The van der Waals surface area contributed by atoms with Crippen LogP contribution in [0.4, 0.5) is 0 Å². The maximum Gasteiger partial charge on any atom is 0.339 e. The van der Waals surface area contributed by atoms with Gasteiger partial charge in [0, 0.05) is 9.61 Å². The number of hydrogen-bond acceptors (Lipinski definition) is 3. The van der Waals surface area contributed by atoms with Crippen molar-refractivity contribution in [3.05, 3.63) is 33.4 Å². The van der Waals surface area contributed by atoms with Crippen LogP contribution in [-0.2, 0) is 9.53 Å². The highest BCUT2D eigenvalue weighted by Crippen LogP contribution is 2.12. The number of esters is 1. The van der Waals surface area contributed by atoms with Gasteiger partial charge >= 0.3 is 5.97 Å². The normalized spacial score (nSPS) is 12.1. The Balaban J connectivity index is 2.47. The largest absolute Gasteiger partial charge is 0.452 e. The molecule has 19 heavy (non-hydrogen) atoms. The molecular formula is C14H18INO3. The minimum atomic E-state index is -0.475. The smallest absolute Gasteiger partial charge is 0.339 e. The molecule has 0 aliphatic carbocycles. The van der Waals surface area contributed by atoms with Crippen molar-refractivity contribution in [3.63, 3.8) is 0 Å². The fourth-order valence-electron chi connectivity index (χ4n) is 1.30. The average molecular weight is 375 g/mol. The van der Waals surface area contributed by atoms with Gasteiger partial charge in [-0.05, 0) is 47.6 Å². The van der Waals surface area contributed by atoms with Crippen LogP contribution in [0.3, 0.4) is 0 Å². The summed E-state index contributed by atoms with van der Waals surface area (Å²) in [6.07, 6.45) is 0. The summed E-state index contributed by atoms with van der Waals surface area (Å²) in [5.41, 5.74) is 0.479.